The van der Waals surface area contributed by atoms with Crippen molar-refractivity contribution < 1.29 is 9.21 Å². The third-order valence-electron chi connectivity index (χ3n) is 3.43. The summed E-state index contributed by atoms with van der Waals surface area (Å²) >= 11 is 2.69. The molecule has 1 N–H and O–H groups in total. The zero-order chi connectivity index (χ0) is 17.1. The van der Waals surface area contributed by atoms with E-state index >= 15 is 0 Å². The van der Waals surface area contributed by atoms with Crippen LogP contribution in [0, 0.1) is 20.8 Å². The molecule has 0 aliphatic rings. The van der Waals surface area contributed by atoms with Crippen molar-refractivity contribution in [3.63, 3.8) is 0 Å². The number of benzene rings is 1. The van der Waals surface area contributed by atoms with Crippen molar-refractivity contribution in [1.29, 1.82) is 0 Å². The standard InChI is InChI=1S/C17H17N3O2S2/c1-10-4-6-13(7-5-10)14-8-23-16(19-14)20-15(21)9-24-17-18-11(2)12(3)22-17/h4-8H,9H2,1-3H3,(H,19,20,21). The molecule has 1 amide bonds. The number of carbonyl (C=O) groups excluding carboxylic acids is 1. The van der Waals surface area contributed by atoms with Crippen molar-refractivity contribution in [1.82, 2.24) is 9.97 Å². The lowest BCUT2D eigenvalue weighted by Crippen LogP contribution is -2.13. The van der Waals surface area contributed by atoms with E-state index in [2.05, 4.69) is 15.3 Å². The summed E-state index contributed by atoms with van der Waals surface area (Å²) < 4.78 is 5.45. The van der Waals surface area contributed by atoms with E-state index in [9.17, 15) is 4.79 Å². The summed E-state index contributed by atoms with van der Waals surface area (Å²) in [5.74, 6) is 0.887. The fourth-order valence-electron chi connectivity index (χ4n) is 1.98. The first-order valence-corrected chi connectivity index (χ1v) is 9.27. The van der Waals surface area contributed by atoms with Crippen LogP contribution in [-0.2, 0) is 4.79 Å². The van der Waals surface area contributed by atoms with Gasteiger partial charge in [-0.1, -0.05) is 41.6 Å². The number of anilines is 1. The number of hydrogen-bond acceptors (Lipinski definition) is 6. The van der Waals surface area contributed by atoms with Gasteiger partial charge in [0.15, 0.2) is 5.13 Å². The van der Waals surface area contributed by atoms with E-state index < -0.39 is 0 Å². The van der Waals surface area contributed by atoms with Crippen molar-refractivity contribution in [2.24, 2.45) is 0 Å². The van der Waals surface area contributed by atoms with Gasteiger partial charge in [-0.25, -0.2) is 9.97 Å². The topological polar surface area (TPSA) is 68.0 Å². The molecule has 0 saturated carbocycles. The molecular formula is C17H17N3O2S2. The monoisotopic (exact) mass is 359 g/mol. The van der Waals surface area contributed by atoms with Crippen LogP contribution in [0.25, 0.3) is 11.3 Å². The maximum atomic E-state index is 12.0. The molecule has 0 atom stereocenters. The number of aromatic nitrogens is 2. The highest BCUT2D eigenvalue weighted by Crippen LogP contribution is 2.26. The van der Waals surface area contributed by atoms with Crippen LogP contribution in [0.1, 0.15) is 17.0 Å². The predicted molar refractivity (Wildman–Crippen MR) is 97.6 cm³/mol. The first-order chi connectivity index (χ1) is 11.5. The molecule has 5 nitrogen and oxygen atoms in total. The van der Waals surface area contributed by atoms with Crippen molar-refractivity contribution >= 4 is 34.1 Å². The minimum atomic E-state index is -0.127. The van der Waals surface area contributed by atoms with Crippen LogP contribution in [0.5, 0.6) is 0 Å². The largest absolute Gasteiger partial charge is 0.437 e. The summed E-state index contributed by atoms with van der Waals surface area (Å²) in [6.45, 7) is 5.78. The van der Waals surface area contributed by atoms with E-state index in [1.807, 2.05) is 50.4 Å². The van der Waals surface area contributed by atoms with Gasteiger partial charge in [0, 0.05) is 10.9 Å². The van der Waals surface area contributed by atoms with Gasteiger partial charge in [-0.3, -0.25) is 4.79 Å². The van der Waals surface area contributed by atoms with Crippen molar-refractivity contribution in [2.75, 3.05) is 11.1 Å². The number of nitrogens with one attached hydrogen (secondary N) is 1. The van der Waals surface area contributed by atoms with Gasteiger partial charge in [0.25, 0.3) is 5.22 Å². The average Bonchev–Trinajstić information content (AvgIpc) is 3.13. The van der Waals surface area contributed by atoms with Crippen molar-refractivity contribution in [3.8, 4) is 11.3 Å². The Kier molecular flexibility index (Phi) is 5.01. The normalized spacial score (nSPS) is 10.8. The highest BCUT2D eigenvalue weighted by Gasteiger charge is 2.11. The van der Waals surface area contributed by atoms with E-state index in [1.54, 1.807) is 0 Å². The number of thioether (sulfide) groups is 1. The Hall–Kier alpha value is -2.12. The van der Waals surface area contributed by atoms with Crippen LogP contribution in [0.15, 0.2) is 39.3 Å². The molecule has 1 aromatic carbocycles. The Morgan fingerprint density at radius 3 is 2.62 bits per heavy atom. The average molecular weight is 359 g/mol. The van der Waals surface area contributed by atoms with Crippen LogP contribution in [0.4, 0.5) is 5.13 Å². The molecule has 0 aliphatic carbocycles. The van der Waals surface area contributed by atoms with E-state index in [0.717, 1.165) is 22.7 Å². The number of amides is 1. The van der Waals surface area contributed by atoms with Gasteiger partial charge < -0.3 is 9.73 Å². The zero-order valence-corrected chi connectivity index (χ0v) is 15.3. The second kappa shape index (κ2) is 7.19. The van der Waals surface area contributed by atoms with E-state index in [4.69, 9.17) is 4.42 Å². The molecule has 0 saturated heterocycles. The smallest absolute Gasteiger partial charge is 0.256 e. The molecule has 2 aromatic heterocycles. The molecule has 7 heteroatoms. The van der Waals surface area contributed by atoms with Gasteiger partial charge in [0.05, 0.1) is 17.1 Å². The molecule has 0 bridgehead atoms. The molecule has 0 spiro atoms. The molecule has 0 fully saturated rings. The van der Waals surface area contributed by atoms with E-state index in [0.29, 0.717) is 10.4 Å². The lowest BCUT2D eigenvalue weighted by atomic mass is 10.1. The lowest BCUT2D eigenvalue weighted by Gasteiger charge is -2.00. The van der Waals surface area contributed by atoms with Gasteiger partial charge in [-0.15, -0.1) is 11.3 Å². The summed E-state index contributed by atoms with van der Waals surface area (Å²) in [5, 5.41) is 5.86. The maximum absolute atomic E-state index is 12.0. The zero-order valence-electron chi connectivity index (χ0n) is 13.6. The first kappa shape index (κ1) is 16.7. The summed E-state index contributed by atoms with van der Waals surface area (Å²) in [4.78, 5) is 20.7. The van der Waals surface area contributed by atoms with Crippen molar-refractivity contribution in [2.45, 2.75) is 26.0 Å². The fourth-order valence-corrected chi connectivity index (χ4v) is 3.42. The fraction of sp³-hybridized carbons (Fsp3) is 0.235. The van der Waals surface area contributed by atoms with Crippen LogP contribution in [0.2, 0.25) is 0 Å². The number of thiazole rings is 1. The Balaban J connectivity index is 1.58. The van der Waals surface area contributed by atoms with Crippen LogP contribution in [0.3, 0.4) is 0 Å². The minimum absolute atomic E-state index is 0.127. The molecule has 0 radical (unpaired) electrons. The van der Waals surface area contributed by atoms with Gasteiger partial charge in [-0.05, 0) is 20.8 Å². The highest BCUT2D eigenvalue weighted by atomic mass is 32.2. The number of hydrogen-bond donors (Lipinski definition) is 1. The quantitative estimate of drug-likeness (QED) is 0.682. The molecule has 3 aromatic rings. The van der Waals surface area contributed by atoms with Gasteiger partial charge >= 0.3 is 0 Å². The van der Waals surface area contributed by atoms with Gasteiger partial charge in [-0.2, -0.15) is 0 Å². The molecule has 124 valence electrons. The van der Waals surface area contributed by atoms with E-state index in [-0.39, 0.29) is 11.7 Å². The number of nitrogens with zero attached hydrogens (tertiary/aromatic N) is 2. The molecule has 3 rings (SSSR count). The lowest BCUT2D eigenvalue weighted by molar-refractivity contribution is -0.113. The Labute approximate surface area is 148 Å². The minimum Gasteiger partial charge on any atom is -0.437 e. The summed E-state index contributed by atoms with van der Waals surface area (Å²) in [6.07, 6.45) is 0. The summed E-state index contributed by atoms with van der Waals surface area (Å²) in [7, 11) is 0. The van der Waals surface area contributed by atoms with E-state index in [1.165, 1.54) is 28.7 Å². The number of carbonyl (C=O) groups is 1. The van der Waals surface area contributed by atoms with Crippen LogP contribution in [-0.4, -0.2) is 21.6 Å². The molecular weight excluding hydrogens is 342 g/mol. The van der Waals surface area contributed by atoms with Crippen LogP contribution < -0.4 is 5.32 Å². The third kappa shape index (κ3) is 4.04. The van der Waals surface area contributed by atoms with Crippen LogP contribution >= 0.6 is 23.1 Å². The SMILES string of the molecule is Cc1ccc(-c2csc(NC(=O)CSc3nc(C)c(C)o3)n2)cc1. The number of aryl methyl sites for hydroxylation is 3. The molecule has 2 heterocycles. The molecule has 24 heavy (non-hydrogen) atoms. The van der Waals surface area contributed by atoms with Gasteiger partial charge in [0.1, 0.15) is 5.76 Å². The number of rotatable bonds is 5. The highest BCUT2D eigenvalue weighted by molar-refractivity contribution is 7.99. The molecule has 0 unspecified atom stereocenters. The first-order valence-electron chi connectivity index (χ1n) is 7.40. The van der Waals surface area contributed by atoms with Gasteiger partial charge in [0.2, 0.25) is 5.91 Å². The Morgan fingerprint density at radius 2 is 1.96 bits per heavy atom. The maximum Gasteiger partial charge on any atom is 0.256 e. The predicted octanol–water partition coefficient (Wildman–Crippen LogP) is 4.45. The summed E-state index contributed by atoms with van der Waals surface area (Å²) in [5.41, 5.74) is 3.96. The second-order valence-corrected chi connectivity index (χ2v) is 7.15. The second-order valence-electron chi connectivity index (χ2n) is 5.36. The van der Waals surface area contributed by atoms with Crippen molar-refractivity contribution in [3.05, 3.63) is 46.7 Å². The Morgan fingerprint density at radius 1 is 1.21 bits per heavy atom. The molecule has 0 aliphatic heterocycles. The third-order valence-corrected chi connectivity index (χ3v) is 5.02. The number of oxazole rings is 1. The Bertz CT molecular complexity index is 834. The summed E-state index contributed by atoms with van der Waals surface area (Å²) in [6, 6.07) is 8.14.